The molecule has 1 unspecified atom stereocenters. The van der Waals surface area contributed by atoms with Crippen LogP contribution in [-0.2, 0) is 12.8 Å². The Kier molecular flexibility index (Phi) is 5.89. The van der Waals surface area contributed by atoms with Crippen molar-refractivity contribution in [3.05, 3.63) is 51.2 Å². The first-order valence-electron chi connectivity index (χ1n) is 6.78. The first-order valence-corrected chi connectivity index (χ1v) is 7.98. The van der Waals surface area contributed by atoms with Crippen molar-refractivity contribution in [2.75, 3.05) is 13.7 Å². The minimum atomic E-state index is 0.418. The van der Waals surface area contributed by atoms with Gasteiger partial charge >= 0.3 is 0 Å². The minimum Gasteiger partial charge on any atom is -0.496 e. The minimum absolute atomic E-state index is 0.418. The summed E-state index contributed by atoms with van der Waals surface area (Å²) in [5.74, 6) is 0.964. The molecule has 0 spiro atoms. The highest BCUT2D eigenvalue weighted by Crippen LogP contribution is 2.22. The highest BCUT2D eigenvalue weighted by atomic mass is 35.5. The molecule has 2 aromatic rings. The van der Waals surface area contributed by atoms with Crippen LogP contribution in [0.25, 0.3) is 0 Å². The average molecular weight is 310 g/mol. The van der Waals surface area contributed by atoms with Crippen molar-refractivity contribution in [1.82, 2.24) is 5.32 Å². The fraction of sp³-hybridized carbons (Fsp3) is 0.375. The molecule has 20 heavy (non-hydrogen) atoms. The van der Waals surface area contributed by atoms with Gasteiger partial charge in [-0.1, -0.05) is 29.8 Å². The van der Waals surface area contributed by atoms with Gasteiger partial charge in [0, 0.05) is 17.5 Å². The molecule has 0 aliphatic rings. The Hall–Kier alpha value is -1.03. The molecule has 0 bridgehead atoms. The Labute approximate surface area is 129 Å². The smallest absolute Gasteiger partial charge is 0.122 e. The number of nitrogens with one attached hydrogen (secondary N) is 1. The number of hydrogen-bond acceptors (Lipinski definition) is 3. The van der Waals surface area contributed by atoms with E-state index in [1.54, 1.807) is 18.4 Å². The molecule has 0 saturated carbocycles. The SMILES string of the molecule is COc1ccccc1CC(C)NCCc1ccc(Cl)s1. The maximum atomic E-state index is 5.93. The van der Waals surface area contributed by atoms with Crippen molar-refractivity contribution in [3.63, 3.8) is 0 Å². The summed E-state index contributed by atoms with van der Waals surface area (Å²) in [5, 5.41) is 3.55. The molecule has 1 aromatic carbocycles. The summed E-state index contributed by atoms with van der Waals surface area (Å²) >= 11 is 7.58. The Morgan fingerprint density at radius 1 is 1.25 bits per heavy atom. The quantitative estimate of drug-likeness (QED) is 0.828. The van der Waals surface area contributed by atoms with Gasteiger partial charge in [0.2, 0.25) is 0 Å². The summed E-state index contributed by atoms with van der Waals surface area (Å²) in [7, 11) is 1.72. The lowest BCUT2D eigenvalue weighted by Crippen LogP contribution is -2.29. The zero-order valence-electron chi connectivity index (χ0n) is 11.9. The summed E-state index contributed by atoms with van der Waals surface area (Å²) in [6.07, 6.45) is 1.99. The summed E-state index contributed by atoms with van der Waals surface area (Å²) in [6, 6.07) is 12.7. The van der Waals surface area contributed by atoms with Crippen molar-refractivity contribution in [2.45, 2.75) is 25.8 Å². The van der Waals surface area contributed by atoms with Crippen molar-refractivity contribution in [3.8, 4) is 5.75 Å². The summed E-state index contributed by atoms with van der Waals surface area (Å²) in [5.41, 5.74) is 1.24. The Bertz CT molecular complexity index is 541. The lowest BCUT2D eigenvalue weighted by atomic mass is 10.1. The number of para-hydroxylation sites is 1. The number of ether oxygens (including phenoxy) is 1. The standard InChI is InChI=1S/C16H20ClNOS/c1-12(11-13-5-3-4-6-15(13)19-2)18-10-9-14-7-8-16(17)20-14/h3-8,12,18H,9-11H2,1-2H3. The predicted octanol–water partition coefficient (Wildman–Crippen LogP) is 4.17. The fourth-order valence-electron chi connectivity index (χ4n) is 2.20. The van der Waals surface area contributed by atoms with E-state index in [9.17, 15) is 0 Å². The van der Waals surface area contributed by atoms with Gasteiger partial charge < -0.3 is 10.1 Å². The van der Waals surface area contributed by atoms with Gasteiger partial charge in [-0.3, -0.25) is 0 Å². The van der Waals surface area contributed by atoms with Crippen LogP contribution in [0.15, 0.2) is 36.4 Å². The van der Waals surface area contributed by atoms with Crippen LogP contribution in [-0.4, -0.2) is 19.7 Å². The van der Waals surface area contributed by atoms with Crippen molar-refractivity contribution in [1.29, 1.82) is 0 Å². The molecule has 1 aromatic heterocycles. The molecule has 0 aliphatic carbocycles. The Morgan fingerprint density at radius 2 is 2.05 bits per heavy atom. The van der Waals surface area contributed by atoms with Gasteiger partial charge in [-0.05, 0) is 43.5 Å². The average Bonchev–Trinajstić information content (AvgIpc) is 2.85. The van der Waals surface area contributed by atoms with Gasteiger partial charge in [-0.2, -0.15) is 0 Å². The van der Waals surface area contributed by atoms with Crippen LogP contribution in [0.1, 0.15) is 17.4 Å². The van der Waals surface area contributed by atoms with Gasteiger partial charge in [-0.25, -0.2) is 0 Å². The van der Waals surface area contributed by atoms with E-state index in [0.717, 1.165) is 29.5 Å². The zero-order valence-corrected chi connectivity index (χ0v) is 13.4. The van der Waals surface area contributed by atoms with Crippen LogP contribution in [0.3, 0.4) is 0 Å². The first-order chi connectivity index (χ1) is 9.69. The monoisotopic (exact) mass is 309 g/mol. The Balaban J connectivity index is 1.79. The summed E-state index contributed by atoms with van der Waals surface area (Å²) < 4.78 is 6.25. The van der Waals surface area contributed by atoms with Gasteiger partial charge in [-0.15, -0.1) is 11.3 Å². The molecule has 0 saturated heterocycles. The van der Waals surface area contributed by atoms with Gasteiger partial charge in [0.05, 0.1) is 11.4 Å². The van der Waals surface area contributed by atoms with Crippen molar-refractivity contribution in [2.24, 2.45) is 0 Å². The zero-order chi connectivity index (χ0) is 14.4. The maximum Gasteiger partial charge on any atom is 0.122 e. The van der Waals surface area contributed by atoms with E-state index in [-0.39, 0.29) is 0 Å². The molecule has 4 heteroatoms. The summed E-state index contributed by atoms with van der Waals surface area (Å²) in [4.78, 5) is 1.33. The second kappa shape index (κ2) is 7.67. The molecule has 1 N–H and O–H groups in total. The third kappa shape index (κ3) is 4.51. The van der Waals surface area contributed by atoms with Gasteiger partial charge in [0.25, 0.3) is 0 Å². The van der Waals surface area contributed by atoms with E-state index in [1.165, 1.54) is 10.4 Å². The summed E-state index contributed by atoms with van der Waals surface area (Å²) in [6.45, 7) is 3.17. The lowest BCUT2D eigenvalue weighted by molar-refractivity contribution is 0.406. The normalized spacial score (nSPS) is 12.3. The van der Waals surface area contributed by atoms with Crippen LogP contribution < -0.4 is 10.1 Å². The van der Waals surface area contributed by atoms with Crippen LogP contribution in [0.4, 0.5) is 0 Å². The number of thiophene rings is 1. The van der Waals surface area contributed by atoms with E-state index < -0.39 is 0 Å². The van der Waals surface area contributed by atoms with E-state index in [2.05, 4.69) is 30.4 Å². The molecule has 0 amide bonds. The number of rotatable bonds is 7. The van der Waals surface area contributed by atoms with E-state index in [0.29, 0.717) is 6.04 Å². The number of halogens is 1. The van der Waals surface area contributed by atoms with E-state index in [4.69, 9.17) is 16.3 Å². The van der Waals surface area contributed by atoms with Crippen LogP contribution in [0.2, 0.25) is 4.34 Å². The molecule has 1 atom stereocenters. The molecule has 0 radical (unpaired) electrons. The van der Waals surface area contributed by atoms with E-state index >= 15 is 0 Å². The van der Waals surface area contributed by atoms with Crippen LogP contribution in [0, 0.1) is 0 Å². The predicted molar refractivity (Wildman–Crippen MR) is 87.2 cm³/mol. The molecule has 2 rings (SSSR count). The molecule has 0 aliphatic heterocycles. The number of benzene rings is 1. The molecule has 0 fully saturated rings. The highest BCUT2D eigenvalue weighted by molar-refractivity contribution is 7.16. The van der Waals surface area contributed by atoms with Crippen LogP contribution in [0.5, 0.6) is 5.75 Å². The van der Waals surface area contributed by atoms with Crippen molar-refractivity contribution < 1.29 is 4.74 Å². The topological polar surface area (TPSA) is 21.3 Å². The van der Waals surface area contributed by atoms with E-state index in [1.807, 2.05) is 18.2 Å². The third-order valence-electron chi connectivity index (χ3n) is 3.21. The third-order valence-corrected chi connectivity index (χ3v) is 4.50. The molecular weight excluding hydrogens is 290 g/mol. The second-order valence-electron chi connectivity index (χ2n) is 4.83. The fourth-order valence-corrected chi connectivity index (χ4v) is 3.29. The largest absolute Gasteiger partial charge is 0.496 e. The number of methoxy groups -OCH3 is 1. The van der Waals surface area contributed by atoms with Crippen LogP contribution >= 0.6 is 22.9 Å². The first kappa shape index (κ1) is 15.4. The lowest BCUT2D eigenvalue weighted by Gasteiger charge is -2.15. The molecular formula is C16H20ClNOS. The molecule has 1 heterocycles. The molecule has 2 nitrogen and oxygen atoms in total. The van der Waals surface area contributed by atoms with Crippen molar-refractivity contribution >= 4 is 22.9 Å². The highest BCUT2D eigenvalue weighted by Gasteiger charge is 2.07. The van der Waals surface area contributed by atoms with Gasteiger partial charge in [0.15, 0.2) is 0 Å². The molecule has 108 valence electrons. The Morgan fingerprint density at radius 3 is 2.75 bits per heavy atom. The second-order valence-corrected chi connectivity index (χ2v) is 6.63. The maximum absolute atomic E-state index is 5.93. The number of hydrogen-bond donors (Lipinski definition) is 1. The van der Waals surface area contributed by atoms with Gasteiger partial charge in [0.1, 0.15) is 5.75 Å².